The van der Waals surface area contributed by atoms with Crippen molar-refractivity contribution in [1.82, 2.24) is 14.7 Å². The van der Waals surface area contributed by atoms with E-state index in [9.17, 15) is 27.2 Å². The Morgan fingerprint density at radius 3 is 2.50 bits per heavy atom. The molecule has 3 rings (SSSR count). The smallest absolute Gasteiger partial charge is 0.331 e. The lowest BCUT2D eigenvalue weighted by Crippen LogP contribution is -2.40. The van der Waals surface area contributed by atoms with E-state index in [1.807, 2.05) is 0 Å². The van der Waals surface area contributed by atoms with Crippen molar-refractivity contribution in [3.8, 4) is 5.69 Å². The predicted octanol–water partition coefficient (Wildman–Crippen LogP) is 4.48. The van der Waals surface area contributed by atoms with E-state index in [0.717, 1.165) is 0 Å². The zero-order valence-corrected chi connectivity index (χ0v) is 17.3. The fourth-order valence-electron chi connectivity index (χ4n) is 3.17. The highest BCUT2D eigenvalue weighted by Gasteiger charge is 2.41. The number of carbonyl (C=O) groups excluding carboxylic acids is 2. The molecule has 1 heterocycles. The number of benzene rings is 2. The van der Waals surface area contributed by atoms with Gasteiger partial charge in [-0.15, -0.1) is 0 Å². The zero-order valence-electron chi connectivity index (χ0n) is 17.3. The lowest BCUT2D eigenvalue weighted by Gasteiger charge is -2.22. The van der Waals surface area contributed by atoms with Crippen molar-refractivity contribution in [1.29, 1.82) is 0 Å². The number of hydrogen-bond donors (Lipinski definition) is 1. The first-order valence-corrected chi connectivity index (χ1v) is 9.67. The Bertz CT molecular complexity index is 1140. The maximum absolute atomic E-state index is 14.1. The summed E-state index contributed by atoms with van der Waals surface area (Å²) in [6, 6.07) is 12.2. The van der Waals surface area contributed by atoms with Crippen LogP contribution in [0.2, 0.25) is 0 Å². The second kappa shape index (κ2) is 9.21. The minimum atomic E-state index is -4.96. The Balaban J connectivity index is 1.77. The van der Waals surface area contributed by atoms with Gasteiger partial charge >= 0.3 is 12.1 Å². The van der Waals surface area contributed by atoms with Crippen molar-refractivity contribution in [2.75, 3.05) is 11.9 Å². The maximum atomic E-state index is 14.1. The number of nitrogens with one attached hydrogen (secondary N) is 1. The molecule has 10 heteroatoms. The Morgan fingerprint density at radius 1 is 1.12 bits per heavy atom. The van der Waals surface area contributed by atoms with Gasteiger partial charge in [-0.3, -0.25) is 9.59 Å². The van der Waals surface area contributed by atoms with Crippen LogP contribution in [-0.2, 0) is 11.3 Å². The minimum Gasteiger partial charge on any atom is -0.331 e. The molecular formula is C22H20F4N4O2. The highest BCUT2D eigenvalue weighted by atomic mass is 19.4. The van der Waals surface area contributed by atoms with Gasteiger partial charge in [-0.2, -0.15) is 18.3 Å². The molecule has 1 aromatic heterocycles. The van der Waals surface area contributed by atoms with Crippen LogP contribution in [-0.4, -0.2) is 39.2 Å². The average molecular weight is 448 g/mol. The Kier molecular flexibility index (Phi) is 6.61. The minimum absolute atomic E-state index is 0.122. The molecule has 0 fully saturated rings. The van der Waals surface area contributed by atoms with Gasteiger partial charge in [0.05, 0.1) is 17.5 Å². The molecule has 32 heavy (non-hydrogen) atoms. The number of halogens is 4. The van der Waals surface area contributed by atoms with E-state index < -0.39 is 23.8 Å². The van der Waals surface area contributed by atoms with Crippen LogP contribution in [0.25, 0.3) is 5.69 Å². The number of para-hydroxylation sites is 1. The summed E-state index contributed by atoms with van der Waals surface area (Å²) in [6.07, 6.45) is -3.65. The fraction of sp³-hybridized carbons (Fsp3) is 0.227. The number of alkyl halides is 3. The summed E-state index contributed by atoms with van der Waals surface area (Å²) < 4.78 is 53.6. The third-order valence-corrected chi connectivity index (χ3v) is 4.80. The van der Waals surface area contributed by atoms with E-state index in [1.54, 1.807) is 37.3 Å². The van der Waals surface area contributed by atoms with Gasteiger partial charge < -0.3 is 10.2 Å². The quantitative estimate of drug-likeness (QED) is 0.566. The van der Waals surface area contributed by atoms with E-state index in [-0.39, 0.29) is 24.3 Å². The van der Waals surface area contributed by atoms with Crippen LogP contribution in [0.3, 0.4) is 0 Å². The first kappa shape index (κ1) is 23.0. The van der Waals surface area contributed by atoms with Gasteiger partial charge in [-0.05, 0) is 43.7 Å². The summed E-state index contributed by atoms with van der Waals surface area (Å²) in [5.74, 6) is -2.93. The first-order valence-electron chi connectivity index (χ1n) is 9.67. The molecule has 0 unspecified atom stereocenters. The first-order chi connectivity index (χ1) is 15.1. The second-order valence-corrected chi connectivity index (χ2v) is 6.98. The van der Waals surface area contributed by atoms with E-state index in [1.165, 1.54) is 36.0 Å². The summed E-state index contributed by atoms with van der Waals surface area (Å²) >= 11 is 0. The number of amides is 2. The highest BCUT2D eigenvalue weighted by molar-refractivity contribution is 6.05. The number of aromatic nitrogens is 2. The van der Waals surface area contributed by atoms with Crippen LogP contribution in [0.1, 0.15) is 28.5 Å². The molecule has 1 N–H and O–H groups in total. The number of anilines is 1. The molecule has 0 radical (unpaired) electrons. The zero-order chi connectivity index (χ0) is 23.5. The third kappa shape index (κ3) is 4.96. The number of hydrogen-bond acceptors (Lipinski definition) is 3. The summed E-state index contributed by atoms with van der Waals surface area (Å²) in [6.45, 7) is 2.68. The molecule has 0 aliphatic heterocycles. The molecule has 0 spiro atoms. The van der Waals surface area contributed by atoms with Crippen LogP contribution in [0.15, 0.2) is 54.7 Å². The number of nitrogens with zero attached hydrogens (tertiary/aromatic N) is 3. The molecule has 0 saturated carbocycles. The topological polar surface area (TPSA) is 67.2 Å². The molecule has 168 valence electrons. The van der Waals surface area contributed by atoms with Gasteiger partial charge in [-0.1, -0.05) is 24.3 Å². The Morgan fingerprint density at radius 2 is 1.84 bits per heavy atom. The summed E-state index contributed by atoms with van der Waals surface area (Å²) in [5.41, 5.74) is 1.57. The lowest BCUT2D eigenvalue weighted by atomic mass is 10.1. The largest absolute Gasteiger partial charge is 0.471 e. The summed E-state index contributed by atoms with van der Waals surface area (Å²) in [4.78, 5) is 24.9. The Hall–Kier alpha value is -3.69. The fourth-order valence-corrected chi connectivity index (χ4v) is 3.17. The molecule has 2 amide bonds. The highest BCUT2D eigenvalue weighted by Crippen LogP contribution is 2.22. The van der Waals surface area contributed by atoms with Gasteiger partial charge in [0.1, 0.15) is 11.5 Å². The molecule has 0 bridgehead atoms. The van der Waals surface area contributed by atoms with Crippen LogP contribution in [0.5, 0.6) is 0 Å². The standard InChI is InChI=1S/C22H20F4N4O2/c1-3-29(21(32)22(24,25)26)13-15-7-6-8-16(11-15)28-20(31)17-12-27-30(14(17)2)19-10-5-4-9-18(19)23/h4-12H,3,13H2,1-2H3,(H,28,31). The second-order valence-electron chi connectivity index (χ2n) is 6.98. The molecule has 6 nitrogen and oxygen atoms in total. The third-order valence-electron chi connectivity index (χ3n) is 4.80. The normalized spacial score (nSPS) is 11.3. The van der Waals surface area contributed by atoms with Crippen molar-refractivity contribution < 1.29 is 27.2 Å². The van der Waals surface area contributed by atoms with Crippen molar-refractivity contribution in [2.24, 2.45) is 0 Å². The van der Waals surface area contributed by atoms with Crippen LogP contribution in [0, 0.1) is 12.7 Å². The predicted molar refractivity (Wildman–Crippen MR) is 110 cm³/mol. The van der Waals surface area contributed by atoms with E-state index in [0.29, 0.717) is 21.8 Å². The lowest BCUT2D eigenvalue weighted by molar-refractivity contribution is -0.185. The summed E-state index contributed by atoms with van der Waals surface area (Å²) in [7, 11) is 0. The number of rotatable bonds is 6. The van der Waals surface area contributed by atoms with Crippen molar-refractivity contribution >= 4 is 17.5 Å². The van der Waals surface area contributed by atoms with Crippen LogP contribution < -0.4 is 5.32 Å². The van der Waals surface area contributed by atoms with E-state index in [2.05, 4.69) is 10.4 Å². The Labute approximate surface area is 181 Å². The molecule has 2 aromatic carbocycles. The van der Waals surface area contributed by atoms with Gasteiger partial charge in [0, 0.05) is 18.8 Å². The molecule has 0 atom stereocenters. The van der Waals surface area contributed by atoms with Gasteiger partial charge in [0.2, 0.25) is 0 Å². The molecule has 3 aromatic rings. The molecule has 0 aliphatic rings. The average Bonchev–Trinajstić information content (AvgIpc) is 3.12. The molecule has 0 saturated heterocycles. The summed E-state index contributed by atoms with van der Waals surface area (Å²) in [5, 5.41) is 6.74. The van der Waals surface area contributed by atoms with Crippen LogP contribution in [0.4, 0.5) is 23.2 Å². The van der Waals surface area contributed by atoms with Crippen molar-refractivity contribution in [2.45, 2.75) is 26.6 Å². The molecule has 0 aliphatic carbocycles. The monoisotopic (exact) mass is 448 g/mol. The number of carbonyl (C=O) groups is 2. The van der Waals surface area contributed by atoms with Crippen molar-refractivity contribution in [3.05, 3.63) is 77.4 Å². The maximum Gasteiger partial charge on any atom is 0.471 e. The van der Waals surface area contributed by atoms with E-state index in [4.69, 9.17) is 0 Å². The van der Waals surface area contributed by atoms with Crippen molar-refractivity contribution in [3.63, 3.8) is 0 Å². The van der Waals surface area contributed by atoms with Gasteiger partial charge in [0.15, 0.2) is 0 Å². The van der Waals surface area contributed by atoms with Gasteiger partial charge in [0.25, 0.3) is 5.91 Å². The van der Waals surface area contributed by atoms with Gasteiger partial charge in [-0.25, -0.2) is 9.07 Å². The SMILES string of the molecule is CCN(Cc1cccc(NC(=O)c2cnn(-c3ccccc3F)c2C)c1)C(=O)C(F)(F)F. The van der Waals surface area contributed by atoms with Crippen LogP contribution >= 0.6 is 0 Å². The molecular weight excluding hydrogens is 428 g/mol. The van der Waals surface area contributed by atoms with E-state index >= 15 is 0 Å².